The number of aromatic nitrogens is 3. The number of aryl methyl sites for hydroxylation is 1. The zero-order chi connectivity index (χ0) is 13.4. The van der Waals surface area contributed by atoms with Gasteiger partial charge in [-0.2, -0.15) is 9.61 Å². The van der Waals surface area contributed by atoms with Gasteiger partial charge in [0.15, 0.2) is 5.65 Å². The van der Waals surface area contributed by atoms with E-state index in [1.54, 1.807) is 13.2 Å². The number of hydrogen-bond acceptors (Lipinski definition) is 4. The Labute approximate surface area is 138 Å². The molecule has 98 valence electrons. The fourth-order valence-corrected chi connectivity index (χ4v) is 1.98. The molecular weight excluding hydrogens is 265 g/mol. The molecule has 0 aliphatic heterocycles. The van der Waals surface area contributed by atoms with Crippen molar-refractivity contribution in [1.82, 2.24) is 14.6 Å². The van der Waals surface area contributed by atoms with E-state index in [1.807, 2.05) is 37.3 Å². The summed E-state index contributed by atoms with van der Waals surface area (Å²) in [5, 5.41) is 14.1. The van der Waals surface area contributed by atoms with Crippen molar-refractivity contribution in [2.24, 2.45) is 0 Å². The van der Waals surface area contributed by atoms with Gasteiger partial charge in [0.2, 0.25) is 5.88 Å². The SMILES string of the molecule is COc1ccc(-c2cc(O)n3nc(C)cc3n2)cc1.[NaH]. The number of methoxy groups -OCH3 is 1. The van der Waals surface area contributed by atoms with Gasteiger partial charge in [0.05, 0.1) is 18.5 Å². The van der Waals surface area contributed by atoms with Crippen molar-refractivity contribution in [3.05, 3.63) is 42.1 Å². The van der Waals surface area contributed by atoms with E-state index in [4.69, 9.17) is 4.74 Å². The quantitative estimate of drug-likeness (QED) is 0.726. The zero-order valence-electron chi connectivity index (χ0n) is 10.7. The average molecular weight is 279 g/mol. The molecule has 6 heteroatoms. The molecule has 1 N–H and O–H groups in total. The standard InChI is InChI=1S/C14H13N3O2.Na.H/c1-9-7-13-15-12(8-14(18)17(13)16-9)10-3-5-11(19-2)6-4-10;;/h3-8,18H,1-2H3;;. The van der Waals surface area contributed by atoms with Crippen LogP contribution in [0, 0.1) is 6.92 Å². The van der Waals surface area contributed by atoms with E-state index in [0.29, 0.717) is 11.3 Å². The molecule has 0 amide bonds. The van der Waals surface area contributed by atoms with Crippen LogP contribution in [0.3, 0.4) is 0 Å². The minimum atomic E-state index is 0. The molecule has 2 heterocycles. The van der Waals surface area contributed by atoms with Gasteiger partial charge in [0, 0.05) is 17.7 Å². The molecule has 5 nitrogen and oxygen atoms in total. The molecule has 0 unspecified atom stereocenters. The Morgan fingerprint density at radius 2 is 1.85 bits per heavy atom. The first-order chi connectivity index (χ1) is 9.17. The molecule has 1 aromatic carbocycles. The minimum absolute atomic E-state index is 0. The second-order valence-electron chi connectivity index (χ2n) is 4.28. The Hall–Kier alpha value is -1.56. The van der Waals surface area contributed by atoms with Crippen LogP contribution in [0.25, 0.3) is 16.9 Å². The molecule has 2 aromatic heterocycles. The van der Waals surface area contributed by atoms with E-state index < -0.39 is 0 Å². The van der Waals surface area contributed by atoms with Crippen LogP contribution in [0.15, 0.2) is 36.4 Å². The fraction of sp³-hybridized carbons (Fsp3) is 0.143. The van der Waals surface area contributed by atoms with Crippen molar-refractivity contribution in [2.45, 2.75) is 6.92 Å². The third-order valence-electron chi connectivity index (χ3n) is 2.92. The summed E-state index contributed by atoms with van der Waals surface area (Å²) in [7, 11) is 1.63. The Kier molecular flexibility index (Phi) is 4.32. The summed E-state index contributed by atoms with van der Waals surface area (Å²) >= 11 is 0. The Balaban J connectivity index is 0.00000147. The molecule has 0 saturated carbocycles. The Bertz CT molecular complexity index is 738. The molecule has 3 aromatic rings. The Morgan fingerprint density at radius 3 is 2.50 bits per heavy atom. The van der Waals surface area contributed by atoms with Crippen molar-refractivity contribution >= 4 is 35.2 Å². The van der Waals surface area contributed by atoms with Crippen LogP contribution in [0.1, 0.15) is 5.69 Å². The first-order valence-electron chi connectivity index (χ1n) is 5.88. The van der Waals surface area contributed by atoms with E-state index in [2.05, 4.69) is 10.1 Å². The van der Waals surface area contributed by atoms with E-state index in [-0.39, 0.29) is 35.4 Å². The normalized spacial score (nSPS) is 10.3. The van der Waals surface area contributed by atoms with Gasteiger partial charge >= 0.3 is 29.6 Å². The summed E-state index contributed by atoms with van der Waals surface area (Å²) in [5.74, 6) is 0.859. The second-order valence-corrected chi connectivity index (χ2v) is 4.28. The third-order valence-corrected chi connectivity index (χ3v) is 2.92. The number of benzene rings is 1. The zero-order valence-corrected chi connectivity index (χ0v) is 10.7. The van der Waals surface area contributed by atoms with E-state index in [0.717, 1.165) is 17.0 Å². The topological polar surface area (TPSA) is 59.7 Å². The first-order valence-corrected chi connectivity index (χ1v) is 5.88. The van der Waals surface area contributed by atoms with Gasteiger partial charge in [-0.25, -0.2) is 4.98 Å². The summed E-state index contributed by atoms with van der Waals surface area (Å²) in [6.45, 7) is 1.86. The van der Waals surface area contributed by atoms with Crippen molar-refractivity contribution in [1.29, 1.82) is 0 Å². The predicted octanol–water partition coefficient (Wildman–Crippen LogP) is 1.77. The van der Waals surface area contributed by atoms with Crippen LogP contribution in [0.2, 0.25) is 0 Å². The summed E-state index contributed by atoms with van der Waals surface area (Å²) in [4.78, 5) is 4.48. The van der Waals surface area contributed by atoms with Gasteiger partial charge in [0.1, 0.15) is 5.75 Å². The number of rotatable bonds is 2. The van der Waals surface area contributed by atoms with Gasteiger partial charge in [-0.05, 0) is 31.2 Å². The first kappa shape index (κ1) is 14.8. The molecule has 0 saturated heterocycles. The summed E-state index contributed by atoms with van der Waals surface area (Å²) in [6.07, 6.45) is 0. The molecular formula is C14H14N3NaO2. The number of hydrogen-bond donors (Lipinski definition) is 1. The molecule has 20 heavy (non-hydrogen) atoms. The van der Waals surface area contributed by atoms with Gasteiger partial charge in [0.25, 0.3) is 0 Å². The molecule has 3 rings (SSSR count). The number of aromatic hydroxyl groups is 1. The molecule has 0 aliphatic carbocycles. The Morgan fingerprint density at radius 1 is 1.15 bits per heavy atom. The molecule has 0 spiro atoms. The second kappa shape index (κ2) is 5.83. The number of ether oxygens (including phenoxy) is 1. The van der Waals surface area contributed by atoms with Crippen LogP contribution < -0.4 is 4.74 Å². The summed E-state index contributed by atoms with van der Waals surface area (Å²) < 4.78 is 6.54. The van der Waals surface area contributed by atoms with Crippen LogP contribution in [-0.2, 0) is 0 Å². The maximum atomic E-state index is 9.96. The third kappa shape index (κ3) is 2.65. The van der Waals surface area contributed by atoms with Gasteiger partial charge in [-0.1, -0.05) is 0 Å². The van der Waals surface area contributed by atoms with Gasteiger partial charge in [-0.15, -0.1) is 0 Å². The molecule has 0 fully saturated rings. The van der Waals surface area contributed by atoms with E-state index in [9.17, 15) is 5.11 Å². The molecule has 0 aliphatic rings. The van der Waals surface area contributed by atoms with Gasteiger partial charge in [-0.3, -0.25) is 0 Å². The summed E-state index contributed by atoms with van der Waals surface area (Å²) in [6, 6.07) is 11.0. The molecule has 0 bridgehead atoms. The van der Waals surface area contributed by atoms with Crippen molar-refractivity contribution in [3.8, 4) is 22.9 Å². The van der Waals surface area contributed by atoms with E-state index in [1.165, 1.54) is 4.52 Å². The monoisotopic (exact) mass is 279 g/mol. The van der Waals surface area contributed by atoms with Crippen LogP contribution in [0.5, 0.6) is 11.6 Å². The van der Waals surface area contributed by atoms with E-state index >= 15 is 0 Å². The van der Waals surface area contributed by atoms with Crippen molar-refractivity contribution < 1.29 is 9.84 Å². The van der Waals surface area contributed by atoms with Crippen molar-refractivity contribution in [3.63, 3.8) is 0 Å². The molecule has 0 atom stereocenters. The van der Waals surface area contributed by atoms with Crippen molar-refractivity contribution in [2.75, 3.05) is 7.11 Å². The van der Waals surface area contributed by atoms with Crippen LogP contribution in [0.4, 0.5) is 0 Å². The van der Waals surface area contributed by atoms with Crippen LogP contribution in [-0.4, -0.2) is 56.4 Å². The number of fused-ring (bicyclic) bond motifs is 1. The van der Waals surface area contributed by atoms with Gasteiger partial charge < -0.3 is 9.84 Å². The number of nitrogens with zero attached hydrogens (tertiary/aromatic N) is 3. The predicted molar refractivity (Wildman–Crippen MR) is 78.5 cm³/mol. The fourth-order valence-electron chi connectivity index (χ4n) is 1.98. The maximum absolute atomic E-state index is 9.96. The average Bonchev–Trinajstić information content (AvgIpc) is 2.80. The molecule has 0 radical (unpaired) electrons. The summed E-state index contributed by atoms with van der Waals surface area (Å²) in [5.41, 5.74) is 3.06. The van der Waals surface area contributed by atoms with Crippen LogP contribution >= 0.6 is 0 Å².